The van der Waals surface area contributed by atoms with Crippen molar-refractivity contribution in [1.29, 1.82) is 0 Å². The SMILES string of the molecule is CCNC(=O)[C@@H](CC)N(Cc1ccc(Cl)cc1Cl)C(=O)CSc1ccc(Cl)cc1. The predicted molar refractivity (Wildman–Crippen MR) is 122 cm³/mol. The summed E-state index contributed by atoms with van der Waals surface area (Å²) in [7, 11) is 0. The van der Waals surface area contributed by atoms with Gasteiger partial charge in [-0.05, 0) is 55.3 Å². The van der Waals surface area contributed by atoms with Crippen LogP contribution in [0.1, 0.15) is 25.8 Å². The van der Waals surface area contributed by atoms with Crippen LogP contribution in [-0.2, 0) is 16.1 Å². The second-order valence-corrected chi connectivity index (χ2v) is 8.65. The van der Waals surface area contributed by atoms with Gasteiger partial charge in [0.25, 0.3) is 0 Å². The summed E-state index contributed by atoms with van der Waals surface area (Å²) < 4.78 is 0. The number of likely N-dealkylation sites (N-methyl/N-ethyl adjacent to an activating group) is 1. The van der Waals surface area contributed by atoms with Crippen molar-refractivity contribution in [3.8, 4) is 0 Å². The number of carbonyl (C=O) groups excluding carboxylic acids is 2. The number of hydrogen-bond acceptors (Lipinski definition) is 3. The van der Waals surface area contributed by atoms with Gasteiger partial charge in [0.05, 0.1) is 5.75 Å². The summed E-state index contributed by atoms with van der Waals surface area (Å²) in [5.74, 6) is -0.123. The molecule has 8 heteroatoms. The van der Waals surface area contributed by atoms with Crippen molar-refractivity contribution in [3.63, 3.8) is 0 Å². The van der Waals surface area contributed by atoms with Crippen LogP contribution in [0.25, 0.3) is 0 Å². The summed E-state index contributed by atoms with van der Waals surface area (Å²) in [6.45, 7) is 4.46. The monoisotopic (exact) mass is 472 g/mol. The lowest BCUT2D eigenvalue weighted by Gasteiger charge is -2.30. The number of nitrogens with zero attached hydrogens (tertiary/aromatic N) is 1. The Labute approximate surface area is 190 Å². The van der Waals surface area contributed by atoms with Gasteiger partial charge in [0.1, 0.15) is 6.04 Å². The van der Waals surface area contributed by atoms with E-state index in [2.05, 4.69) is 5.32 Å². The van der Waals surface area contributed by atoms with Crippen LogP contribution in [0.2, 0.25) is 15.1 Å². The number of benzene rings is 2. The van der Waals surface area contributed by atoms with E-state index < -0.39 is 6.04 Å². The van der Waals surface area contributed by atoms with E-state index in [0.717, 1.165) is 10.5 Å². The lowest BCUT2D eigenvalue weighted by molar-refractivity contribution is -0.139. The molecule has 156 valence electrons. The third kappa shape index (κ3) is 7.10. The summed E-state index contributed by atoms with van der Waals surface area (Å²) in [4.78, 5) is 28.2. The summed E-state index contributed by atoms with van der Waals surface area (Å²) >= 11 is 19.6. The summed E-state index contributed by atoms with van der Waals surface area (Å²) in [5, 5.41) is 4.44. The highest BCUT2D eigenvalue weighted by Crippen LogP contribution is 2.25. The smallest absolute Gasteiger partial charge is 0.242 e. The molecule has 2 aromatic rings. The summed E-state index contributed by atoms with van der Waals surface area (Å²) in [6.07, 6.45) is 0.494. The van der Waals surface area contributed by atoms with Crippen molar-refractivity contribution < 1.29 is 9.59 Å². The van der Waals surface area contributed by atoms with Gasteiger partial charge in [-0.15, -0.1) is 11.8 Å². The number of nitrogens with one attached hydrogen (secondary N) is 1. The highest BCUT2D eigenvalue weighted by molar-refractivity contribution is 8.00. The zero-order valence-corrected chi connectivity index (χ0v) is 19.3. The molecule has 2 amide bonds. The number of thioether (sulfide) groups is 1. The highest BCUT2D eigenvalue weighted by Gasteiger charge is 2.28. The van der Waals surface area contributed by atoms with E-state index in [-0.39, 0.29) is 24.1 Å². The lowest BCUT2D eigenvalue weighted by Crippen LogP contribution is -2.49. The van der Waals surface area contributed by atoms with Gasteiger partial charge in [-0.2, -0.15) is 0 Å². The topological polar surface area (TPSA) is 49.4 Å². The Morgan fingerprint density at radius 1 is 1.03 bits per heavy atom. The Bertz CT molecular complexity index is 846. The molecule has 0 fully saturated rings. The molecule has 1 N–H and O–H groups in total. The van der Waals surface area contributed by atoms with Crippen molar-refractivity contribution in [2.24, 2.45) is 0 Å². The third-order valence-corrected chi connectivity index (χ3v) is 6.10. The van der Waals surface area contributed by atoms with E-state index in [1.807, 2.05) is 26.0 Å². The maximum absolute atomic E-state index is 13.1. The van der Waals surface area contributed by atoms with Crippen LogP contribution in [-0.4, -0.2) is 35.1 Å². The molecule has 0 bridgehead atoms. The highest BCUT2D eigenvalue weighted by atomic mass is 35.5. The van der Waals surface area contributed by atoms with E-state index in [1.165, 1.54) is 11.8 Å². The molecular formula is C21H23Cl3N2O2S. The van der Waals surface area contributed by atoms with E-state index in [0.29, 0.717) is 28.0 Å². The largest absolute Gasteiger partial charge is 0.355 e. The standard InChI is InChI=1S/C21H23Cl3N2O2S/c1-3-19(21(28)25-4-2)26(12-14-5-6-16(23)11-18(14)24)20(27)13-29-17-9-7-15(22)8-10-17/h5-11,19H,3-4,12-13H2,1-2H3,(H,25,28)/t19-/m1/s1. The first-order valence-electron chi connectivity index (χ1n) is 9.25. The molecule has 0 saturated heterocycles. The van der Waals surface area contributed by atoms with Gasteiger partial charge in [0, 0.05) is 33.1 Å². The molecule has 0 aliphatic heterocycles. The second-order valence-electron chi connectivity index (χ2n) is 6.32. The maximum Gasteiger partial charge on any atom is 0.242 e. The van der Waals surface area contributed by atoms with Crippen molar-refractivity contribution in [1.82, 2.24) is 10.2 Å². The molecule has 1 atom stereocenters. The van der Waals surface area contributed by atoms with E-state index in [1.54, 1.807) is 35.2 Å². The molecule has 0 aromatic heterocycles. The van der Waals surface area contributed by atoms with Crippen molar-refractivity contribution in [3.05, 3.63) is 63.1 Å². The van der Waals surface area contributed by atoms with E-state index in [4.69, 9.17) is 34.8 Å². The van der Waals surface area contributed by atoms with E-state index in [9.17, 15) is 9.59 Å². The van der Waals surface area contributed by atoms with E-state index >= 15 is 0 Å². The fourth-order valence-corrected chi connectivity index (χ4v) is 4.18. The van der Waals surface area contributed by atoms with Crippen LogP contribution in [0.4, 0.5) is 0 Å². The molecular weight excluding hydrogens is 451 g/mol. The molecule has 2 rings (SSSR count). The Morgan fingerprint density at radius 2 is 1.69 bits per heavy atom. The van der Waals surface area contributed by atoms with Gasteiger partial charge < -0.3 is 10.2 Å². The molecule has 29 heavy (non-hydrogen) atoms. The minimum atomic E-state index is -0.583. The summed E-state index contributed by atoms with van der Waals surface area (Å²) in [5.41, 5.74) is 0.739. The Morgan fingerprint density at radius 3 is 2.28 bits per heavy atom. The fourth-order valence-electron chi connectivity index (χ4n) is 2.80. The Kier molecular flexibility index (Phi) is 9.63. The molecule has 0 saturated carbocycles. The van der Waals surface area contributed by atoms with Crippen LogP contribution in [0.5, 0.6) is 0 Å². The van der Waals surface area contributed by atoms with Gasteiger partial charge in [0.15, 0.2) is 0 Å². The van der Waals surface area contributed by atoms with Crippen LogP contribution in [0, 0.1) is 0 Å². The molecule has 0 spiro atoms. The van der Waals surface area contributed by atoms with Crippen molar-refractivity contribution >= 4 is 58.4 Å². The average Bonchev–Trinajstić information content (AvgIpc) is 2.69. The quantitative estimate of drug-likeness (QED) is 0.476. The van der Waals surface area contributed by atoms with Crippen LogP contribution < -0.4 is 5.32 Å². The van der Waals surface area contributed by atoms with Gasteiger partial charge in [-0.1, -0.05) is 47.8 Å². The Hall–Kier alpha value is -1.40. The van der Waals surface area contributed by atoms with Gasteiger partial charge in [0.2, 0.25) is 11.8 Å². The van der Waals surface area contributed by atoms with Crippen LogP contribution in [0.3, 0.4) is 0 Å². The first-order valence-corrected chi connectivity index (χ1v) is 11.4. The Balaban J connectivity index is 2.22. The zero-order chi connectivity index (χ0) is 21.4. The first kappa shape index (κ1) is 23.9. The first-order chi connectivity index (χ1) is 13.8. The molecule has 2 aromatic carbocycles. The molecule has 0 radical (unpaired) electrons. The minimum absolute atomic E-state index is 0.144. The fraction of sp³-hybridized carbons (Fsp3) is 0.333. The van der Waals surface area contributed by atoms with Crippen molar-refractivity contribution in [2.75, 3.05) is 12.3 Å². The number of carbonyl (C=O) groups is 2. The number of rotatable bonds is 9. The van der Waals surface area contributed by atoms with Crippen LogP contribution in [0.15, 0.2) is 47.4 Å². The maximum atomic E-state index is 13.1. The molecule has 0 unspecified atom stereocenters. The van der Waals surface area contributed by atoms with Crippen molar-refractivity contribution in [2.45, 2.75) is 37.8 Å². The second kappa shape index (κ2) is 11.7. The zero-order valence-electron chi connectivity index (χ0n) is 16.3. The number of hydrogen-bond donors (Lipinski definition) is 1. The normalized spacial score (nSPS) is 11.8. The van der Waals surface area contributed by atoms with Crippen LogP contribution >= 0.6 is 46.6 Å². The number of halogens is 3. The van der Waals surface area contributed by atoms with Gasteiger partial charge >= 0.3 is 0 Å². The van der Waals surface area contributed by atoms with Gasteiger partial charge in [-0.25, -0.2) is 0 Å². The summed E-state index contributed by atoms with van der Waals surface area (Å²) in [6, 6.07) is 11.8. The minimum Gasteiger partial charge on any atom is -0.355 e. The average molecular weight is 474 g/mol. The lowest BCUT2D eigenvalue weighted by atomic mass is 10.1. The molecule has 0 aliphatic rings. The van der Waals surface area contributed by atoms with Gasteiger partial charge in [-0.3, -0.25) is 9.59 Å². The number of amides is 2. The molecule has 0 aliphatic carbocycles. The molecule has 4 nitrogen and oxygen atoms in total. The third-order valence-electron chi connectivity index (χ3n) is 4.27. The molecule has 0 heterocycles. The predicted octanol–water partition coefficient (Wildman–Crippen LogP) is 5.68.